The first kappa shape index (κ1) is 21.3. The van der Waals surface area contributed by atoms with Crippen LogP contribution in [0.4, 0.5) is 0 Å². The van der Waals surface area contributed by atoms with Crippen LogP contribution < -0.4 is 4.74 Å². The van der Waals surface area contributed by atoms with Gasteiger partial charge in [0.05, 0.1) is 44.7 Å². The van der Waals surface area contributed by atoms with Crippen molar-refractivity contribution in [3.63, 3.8) is 0 Å². The summed E-state index contributed by atoms with van der Waals surface area (Å²) in [6.45, 7) is 4.69. The molecule has 156 valence electrons. The van der Waals surface area contributed by atoms with Crippen LogP contribution in [-0.4, -0.2) is 56.1 Å². The maximum atomic E-state index is 10.5. The van der Waals surface area contributed by atoms with Crippen LogP contribution in [0.15, 0.2) is 36.9 Å². The molecule has 2 aliphatic rings. The van der Waals surface area contributed by atoms with E-state index in [1.807, 2.05) is 30.3 Å². The third-order valence-corrected chi connectivity index (χ3v) is 5.40. The van der Waals surface area contributed by atoms with E-state index in [9.17, 15) is 5.11 Å². The first-order chi connectivity index (χ1) is 13.6. The van der Waals surface area contributed by atoms with Crippen LogP contribution in [-0.2, 0) is 25.6 Å². The SMILES string of the molecule is C=CC[C@@H]1C[C@H](OC)C[C@@]2(C[C@@H](O)C[C@H](COCc3ccc(OC)cc3)O2)O1. The molecule has 2 fully saturated rings. The Morgan fingerprint density at radius 1 is 1.14 bits per heavy atom. The lowest BCUT2D eigenvalue weighted by Gasteiger charge is -2.49. The average Bonchev–Trinajstić information content (AvgIpc) is 2.67. The quantitative estimate of drug-likeness (QED) is 0.686. The standard InChI is InChI=1S/C22H32O6/c1-4-5-19-11-20(25-3)13-22(27-19)12-17(23)10-21(28-22)15-26-14-16-6-8-18(24-2)9-7-16/h4,6-9,17,19-21,23H,1,5,10-15H2,2-3H3/t17-,19+,20-,21+,22-/m0/s1. The van der Waals surface area contributed by atoms with Gasteiger partial charge in [-0.25, -0.2) is 0 Å². The molecule has 5 atom stereocenters. The molecular weight excluding hydrogens is 360 g/mol. The summed E-state index contributed by atoms with van der Waals surface area (Å²) in [6.07, 6.45) is 4.33. The number of aliphatic hydroxyl groups excluding tert-OH is 1. The first-order valence-electron chi connectivity index (χ1n) is 9.94. The van der Waals surface area contributed by atoms with Crippen molar-refractivity contribution in [3.05, 3.63) is 42.5 Å². The third-order valence-electron chi connectivity index (χ3n) is 5.40. The van der Waals surface area contributed by atoms with E-state index < -0.39 is 11.9 Å². The summed E-state index contributed by atoms with van der Waals surface area (Å²) >= 11 is 0. The molecule has 0 bridgehead atoms. The molecule has 6 heteroatoms. The Balaban J connectivity index is 1.57. The maximum Gasteiger partial charge on any atom is 0.174 e. The molecule has 0 saturated carbocycles. The monoisotopic (exact) mass is 392 g/mol. The fraction of sp³-hybridized carbons (Fsp3) is 0.636. The topological polar surface area (TPSA) is 66.4 Å². The molecule has 6 nitrogen and oxygen atoms in total. The van der Waals surface area contributed by atoms with Crippen molar-refractivity contribution in [2.45, 2.75) is 68.9 Å². The van der Waals surface area contributed by atoms with Gasteiger partial charge in [0.1, 0.15) is 5.75 Å². The Hall–Kier alpha value is -1.44. The Bertz CT molecular complexity index is 618. The second kappa shape index (κ2) is 9.85. The zero-order valence-corrected chi connectivity index (χ0v) is 16.8. The van der Waals surface area contributed by atoms with Gasteiger partial charge in [-0.15, -0.1) is 6.58 Å². The molecule has 2 aliphatic heterocycles. The minimum atomic E-state index is -0.821. The highest BCUT2D eigenvalue weighted by Crippen LogP contribution is 2.41. The van der Waals surface area contributed by atoms with Gasteiger partial charge in [-0.3, -0.25) is 0 Å². The number of hydrogen-bond acceptors (Lipinski definition) is 6. The Kier molecular flexibility index (Phi) is 7.48. The third kappa shape index (κ3) is 5.55. The molecule has 0 radical (unpaired) electrons. The van der Waals surface area contributed by atoms with Gasteiger partial charge in [0.25, 0.3) is 0 Å². The molecule has 0 unspecified atom stereocenters. The summed E-state index contributed by atoms with van der Waals surface area (Å²) in [4.78, 5) is 0. The second-order valence-electron chi connectivity index (χ2n) is 7.67. The van der Waals surface area contributed by atoms with E-state index in [4.69, 9.17) is 23.7 Å². The predicted molar refractivity (Wildman–Crippen MR) is 105 cm³/mol. The number of benzene rings is 1. The zero-order chi connectivity index (χ0) is 20.0. The van der Waals surface area contributed by atoms with Crippen LogP contribution in [0.5, 0.6) is 5.75 Å². The van der Waals surface area contributed by atoms with Crippen LogP contribution in [0.1, 0.15) is 37.7 Å². The highest BCUT2D eigenvalue weighted by Gasteiger charge is 2.48. The van der Waals surface area contributed by atoms with E-state index in [-0.39, 0.29) is 18.3 Å². The minimum Gasteiger partial charge on any atom is -0.497 e. The summed E-state index contributed by atoms with van der Waals surface area (Å²) in [5, 5.41) is 10.5. The van der Waals surface area contributed by atoms with E-state index in [0.29, 0.717) is 32.5 Å². The molecule has 1 spiro atoms. The number of rotatable bonds is 8. The second-order valence-corrected chi connectivity index (χ2v) is 7.67. The van der Waals surface area contributed by atoms with Gasteiger partial charge in [-0.2, -0.15) is 0 Å². The number of methoxy groups -OCH3 is 2. The van der Waals surface area contributed by atoms with Gasteiger partial charge in [-0.05, 0) is 24.1 Å². The van der Waals surface area contributed by atoms with Crippen molar-refractivity contribution in [2.75, 3.05) is 20.8 Å². The zero-order valence-electron chi connectivity index (χ0n) is 16.8. The van der Waals surface area contributed by atoms with E-state index in [2.05, 4.69) is 6.58 Å². The average molecular weight is 392 g/mol. The highest BCUT2D eigenvalue weighted by atomic mass is 16.7. The number of hydrogen-bond donors (Lipinski definition) is 1. The Morgan fingerprint density at radius 3 is 2.57 bits per heavy atom. The van der Waals surface area contributed by atoms with Crippen LogP contribution in [0.3, 0.4) is 0 Å². The van der Waals surface area contributed by atoms with Gasteiger partial charge in [0.2, 0.25) is 0 Å². The van der Waals surface area contributed by atoms with Crippen molar-refractivity contribution in [1.82, 2.24) is 0 Å². The molecule has 3 rings (SSSR count). The molecule has 0 aromatic heterocycles. The highest BCUT2D eigenvalue weighted by molar-refractivity contribution is 5.26. The fourth-order valence-electron chi connectivity index (χ4n) is 4.12. The van der Waals surface area contributed by atoms with Crippen molar-refractivity contribution >= 4 is 0 Å². The number of ether oxygens (including phenoxy) is 5. The van der Waals surface area contributed by atoms with E-state index >= 15 is 0 Å². The summed E-state index contributed by atoms with van der Waals surface area (Å²) in [5.41, 5.74) is 1.06. The van der Waals surface area contributed by atoms with Crippen LogP contribution in [0.2, 0.25) is 0 Å². The smallest absolute Gasteiger partial charge is 0.174 e. The summed E-state index contributed by atoms with van der Waals surface area (Å²) < 4.78 is 29.2. The van der Waals surface area contributed by atoms with Crippen LogP contribution >= 0.6 is 0 Å². The van der Waals surface area contributed by atoms with Crippen LogP contribution in [0, 0.1) is 0 Å². The fourth-order valence-corrected chi connectivity index (χ4v) is 4.12. The van der Waals surface area contributed by atoms with Gasteiger partial charge < -0.3 is 28.8 Å². The summed E-state index contributed by atoms with van der Waals surface area (Å²) in [7, 11) is 3.36. The summed E-state index contributed by atoms with van der Waals surface area (Å²) in [6, 6.07) is 7.78. The molecule has 28 heavy (non-hydrogen) atoms. The predicted octanol–water partition coefficient (Wildman–Crippen LogP) is 3.22. The number of aliphatic hydroxyl groups is 1. The van der Waals surface area contributed by atoms with Crippen molar-refractivity contribution in [3.8, 4) is 5.75 Å². The van der Waals surface area contributed by atoms with Gasteiger partial charge in [0, 0.05) is 32.8 Å². The maximum absolute atomic E-state index is 10.5. The Morgan fingerprint density at radius 2 is 1.89 bits per heavy atom. The van der Waals surface area contributed by atoms with Crippen molar-refractivity contribution in [2.24, 2.45) is 0 Å². The molecule has 1 aromatic rings. The molecule has 1 N–H and O–H groups in total. The molecule has 0 amide bonds. The van der Waals surface area contributed by atoms with Crippen LogP contribution in [0.25, 0.3) is 0 Å². The lowest BCUT2D eigenvalue weighted by molar-refractivity contribution is -0.343. The van der Waals surface area contributed by atoms with Gasteiger partial charge in [-0.1, -0.05) is 18.2 Å². The molecule has 0 aliphatic carbocycles. The van der Waals surface area contributed by atoms with E-state index in [0.717, 1.165) is 24.2 Å². The molecule has 2 saturated heterocycles. The van der Waals surface area contributed by atoms with E-state index in [1.165, 1.54) is 0 Å². The Labute approximate surface area is 167 Å². The molecule has 2 heterocycles. The van der Waals surface area contributed by atoms with Gasteiger partial charge >= 0.3 is 0 Å². The minimum absolute atomic E-state index is 0.0117. The lowest BCUT2D eigenvalue weighted by Crippen LogP contribution is -2.55. The van der Waals surface area contributed by atoms with Gasteiger partial charge in [0.15, 0.2) is 5.79 Å². The lowest BCUT2D eigenvalue weighted by atomic mass is 9.89. The normalized spacial score (nSPS) is 33.0. The van der Waals surface area contributed by atoms with E-state index in [1.54, 1.807) is 14.2 Å². The molecule has 1 aromatic carbocycles. The van der Waals surface area contributed by atoms with Crippen molar-refractivity contribution < 1.29 is 28.8 Å². The first-order valence-corrected chi connectivity index (χ1v) is 9.94. The molecular formula is C22H32O6. The van der Waals surface area contributed by atoms with Crippen molar-refractivity contribution in [1.29, 1.82) is 0 Å². The largest absolute Gasteiger partial charge is 0.497 e. The summed E-state index contributed by atoms with van der Waals surface area (Å²) in [5.74, 6) is -0.000975.